The molecule has 21 heavy (non-hydrogen) atoms. The third-order valence-corrected chi connectivity index (χ3v) is 4.46. The van der Waals surface area contributed by atoms with E-state index in [1.165, 1.54) is 24.8 Å². The van der Waals surface area contributed by atoms with E-state index in [1.54, 1.807) is 0 Å². The van der Waals surface area contributed by atoms with Crippen molar-refractivity contribution >= 4 is 16.0 Å². The molecule has 1 aromatic heterocycles. The summed E-state index contributed by atoms with van der Waals surface area (Å²) in [7, 11) is -0.247. The van der Waals surface area contributed by atoms with Crippen molar-refractivity contribution in [3.8, 4) is 12.0 Å². The third-order valence-electron chi connectivity index (χ3n) is 3.15. The molecule has 2 rings (SSSR count). The summed E-state index contributed by atoms with van der Waals surface area (Å²) in [6, 6.07) is 0.335. The molecular weight excluding hydrogens is 298 g/mol. The van der Waals surface area contributed by atoms with Crippen LogP contribution in [0.5, 0.6) is 12.0 Å². The summed E-state index contributed by atoms with van der Waals surface area (Å²) in [5, 5.41) is 0. The molecule has 0 atom stereocenters. The first kappa shape index (κ1) is 15.7. The number of hydrogen-bond acceptors (Lipinski definition) is 8. The van der Waals surface area contributed by atoms with E-state index >= 15 is 0 Å². The highest BCUT2D eigenvalue weighted by atomic mass is 32.2. The number of ether oxygens (including phenoxy) is 2. The van der Waals surface area contributed by atoms with Gasteiger partial charge in [-0.05, 0) is 6.42 Å². The van der Waals surface area contributed by atoms with Crippen molar-refractivity contribution in [2.75, 3.05) is 51.6 Å². The molecule has 1 aromatic rings. The molecule has 0 saturated carbocycles. The van der Waals surface area contributed by atoms with Crippen LogP contribution in [0.4, 0.5) is 5.95 Å². The zero-order valence-corrected chi connectivity index (χ0v) is 13.1. The van der Waals surface area contributed by atoms with Gasteiger partial charge >= 0.3 is 12.0 Å². The quantitative estimate of drug-likeness (QED) is 0.723. The molecule has 0 aliphatic carbocycles. The van der Waals surface area contributed by atoms with Gasteiger partial charge in [-0.25, -0.2) is 12.7 Å². The molecule has 0 unspecified atom stereocenters. The lowest BCUT2D eigenvalue weighted by Gasteiger charge is -2.21. The molecule has 0 aromatic carbocycles. The Bertz CT molecular complexity index is 572. The number of hydrogen-bond donors (Lipinski definition) is 0. The Kier molecular flexibility index (Phi) is 4.78. The number of rotatable bonds is 4. The molecule has 10 heteroatoms. The van der Waals surface area contributed by atoms with Crippen molar-refractivity contribution in [2.45, 2.75) is 6.42 Å². The molecule has 9 nitrogen and oxygen atoms in total. The van der Waals surface area contributed by atoms with E-state index in [0.29, 0.717) is 38.5 Å². The average Bonchev–Trinajstić information content (AvgIpc) is 2.72. The number of sulfonamides is 1. The second kappa shape index (κ2) is 6.39. The predicted molar refractivity (Wildman–Crippen MR) is 76.2 cm³/mol. The molecule has 0 spiro atoms. The first-order valence-corrected chi connectivity index (χ1v) is 8.33. The Labute approximate surface area is 124 Å². The molecule has 1 aliphatic heterocycles. The van der Waals surface area contributed by atoms with Gasteiger partial charge in [-0.2, -0.15) is 9.97 Å². The summed E-state index contributed by atoms with van der Waals surface area (Å²) >= 11 is 0. The van der Waals surface area contributed by atoms with Crippen LogP contribution in [-0.4, -0.2) is 74.3 Å². The van der Waals surface area contributed by atoms with Gasteiger partial charge in [0, 0.05) is 26.2 Å². The molecule has 0 radical (unpaired) electrons. The van der Waals surface area contributed by atoms with E-state index in [9.17, 15) is 8.42 Å². The summed E-state index contributed by atoms with van der Waals surface area (Å²) in [6.07, 6.45) is 1.92. The lowest BCUT2D eigenvalue weighted by Crippen LogP contribution is -2.35. The van der Waals surface area contributed by atoms with Crippen LogP contribution in [-0.2, 0) is 10.0 Å². The van der Waals surface area contributed by atoms with Crippen molar-refractivity contribution < 1.29 is 17.9 Å². The standard InChI is InChI=1S/C11H19N5O4S/c1-19-10-12-9(13-11(14-10)20-2)15-5-4-6-16(8-7-15)21(3,17)18/h4-8H2,1-3H3. The molecule has 0 N–H and O–H groups in total. The van der Waals surface area contributed by atoms with Crippen molar-refractivity contribution in [3.05, 3.63) is 0 Å². The summed E-state index contributed by atoms with van der Waals surface area (Å²) in [5.74, 6) is 0.425. The summed E-state index contributed by atoms with van der Waals surface area (Å²) < 4.78 is 34.7. The average molecular weight is 317 g/mol. The van der Waals surface area contributed by atoms with Crippen LogP contribution < -0.4 is 14.4 Å². The predicted octanol–water partition coefficient (Wildman–Crippen LogP) is -0.639. The molecule has 118 valence electrons. The summed E-state index contributed by atoms with van der Waals surface area (Å²) in [6.45, 7) is 2.05. The van der Waals surface area contributed by atoms with Crippen molar-refractivity contribution in [1.82, 2.24) is 19.3 Å². The number of nitrogens with zero attached hydrogens (tertiary/aromatic N) is 5. The van der Waals surface area contributed by atoms with Gasteiger partial charge in [-0.15, -0.1) is 4.98 Å². The van der Waals surface area contributed by atoms with Gasteiger partial charge in [0.15, 0.2) is 0 Å². The Balaban J connectivity index is 2.19. The SMILES string of the molecule is COc1nc(OC)nc(N2CCCN(S(C)(=O)=O)CC2)n1. The fraction of sp³-hybridized carbons (Fsp3) is 0.727. The lowest BCUT2D eigenvalue weighted by atomic mass is 10.4. The Morgan fingerprint density at radius 2 is 1.57 bits per heavy atom. The highest BCUT2D eigenvalue weighted by Gasteiger charge is 2.23. The van der Waals surface area contributed by atoms with E-state index in [2.05, 4.69) is 15.0 Å². The van der Waals surface area contributed by atoms with Crippen LogP contribution in [0.3, 0.4) is 0 Å². The second-order valence-electron chi connectivity index (χ2n) is 4.61. The normalized spacial score (nSPS) is 17.4. The van der Waals surface area contributed by atoms with Gasteiger partial charge in [0.05, 0.1) is 20.5 Å². The van der Waals surface area contributed by atoms with Gasteiger partial charge in [0.25, 0.3) is 0 Å². The molecule has 1 aliphatic rings. The fourth-order valence-electron chi connectivity index (χ4n) is 2.08. The maximum atomic E-state index is 11.6. The number of aromatic nitrogens is 3. The Hall–Kier alpha value is -1.68. The minimum Gasteiger partial charge on any atom is -0.467 e. The lowest BCUT2D eigenvalue weighted by molar-refractivity contribution is 0.340. The fourth-order valence-corrected chi connectivity index (χ4v) is 2.95. The van der Waals surface area contributed by atoms with Crippen LogP contribution >= 0.6 is 0 Å². The molecule has 0 amide bonds. The smallest absolute Gasteiger partial charge is 0.324 e. The molecule has 2 heterocycles. The zero-order valence-electron chi connectivity index (χ0n) is 12.3. The largest absolute Gasteiger partial charge is 0.467 e. The van der Waals surface area contributed by atoms with E-state index < -0.39 is 10.0 Å². The van der Waals surface area contributed by atoms with Crippen LogP contribution in [0.1, 0.15) is 6.42 Å². The maximum absolute atomic E-state index is 11.6. The first-order chi connectivity index (χ1) is 9.94. The van der Waals surface area contributed by atoms with Gasteiger partial charge in [-0.1, -0.05) is 0 Å². The zero-order chi connectivity index (χ0) is 15.5. The molecular formula is C11H19N5O4S. The van der Waals surface area contributed by atoms with Gasteiger partial charge in [0.1, 0.15) is 0 Å². The van der Waals surface area contributed by atoms with Crippen molar-refractivity contribution in [3.63, 3.8) is 0 Å². The number of anilines is 1. The van der Waals surface area contributed by atoms with Crippen molar-refractivity contribution in [2.24, 2.45) is 0 Å². The van der Waals surface area contributed by atoms with Crippen molar-refractivity contribution in [1.29, 1.82) is 0 Å². The van der Waals surface area contributed by atoms with Gasteiger partial charge in [0.2, 0.25) is 16.0 Å². The van der Waals surface area contributed by atoms with Gasteiger partial charge < -0.3 is 14.4 Å². The summed E-state index contributed by atoms with van der Waals surface area (Å²) in [5.41, 5.74) is 0. The highest BCUT2D eigenvalue weighted by molar-refractivity contribution is 7.88. The maximum Gasteiger partial charge on any atom is 0.324 e. The van der Waals surface area contributed by atoms with E-state index in [0.717, 1.165) is 0 Å². The van der Waals surface area contributed by atoms with Crippen LogP contribution in [0.25, 0.3) is 0 Å². The monoisotopic (exact) mass is 317 g/mol. The Morgan fingerprint density at radius 1 is 0.952 bits per heavy atom. The van der Waals surface area contributed by atoms with Crippen LogP contribution in [0.15, 0.2) is 0 Å². The van der Waals surface area contributed by atoms with Crippen LogP contribution in [0, 0.1) is 0 Å². The minimum atomic E-state index is -3.18. The van der Waals surface area contributed by atoms with Crippen LogP contribution in [0.2, 0.25) is 0 Å². The van der Waals surface area contributed by atoms with E-state index in [-0.39, 0.29) is 12.0 Å². The highest BCUT2D eigenvalue weighted by Crippen LogP contribution is 2.18. The minimum absolute atomic E-state index is 0.168. The topological polar surface area (TPSA) is 97.8 Å². The second-order valence-corrected chi connectivity index (χ2v) is 6.59. The molecule has 1 saturated heterocycles. The van der Waals surface area contributed by atoms with E-state index in [1.807, 2.05) is 4.90 Å². The van der Waals surface area contributed by atoms with E-state index in [4.69, 9.17) is 9.47 Å². The third kappa shape index (κ3) is 3.91. The Morgan fingerprint density at radius 3 is 2.10 bits per heavy atom. The molecule has 0 bridgehead atoms. The summed E-state index contributed by atoms with van der Waals surface area (Å²) in [4.78, 5) is 14.2. The first-order valence-electron chi connectivity index (χ1n) is 6.48. The van der Waals surface area contributed by atoms with Gasteiger partial charge in [-0.3, -0.25) is 0 Å². The molecule has 1 fully saturated rings. The number of methoxy groups -OCH3 is 2.